The van der Waals surface area contributed by atoms with Gasteiger partial charge >= 0.3 is 6.03 Å². The topological polar surface area (TPSA) is 73.9 Å². The van der Waals surface area contributed by atoms with E-state index < -0.39 is 0 Å². The second kappa shape index (κ2) is 11.2. The largest absolute Gasteiger partial charge is 0.497 e. The highest BCUT2D eigenvalue weighted by atomic mass is 16.5. The standard InChI is InChI=1S/C26H34N4O3/c1-33-23-13-11-20(12-14-23)24(29-15-5-6-16-29)18-27-25(31)21-8-7-17-30(19-21)26(32)28-22-9-3-2-4-10-22/h2-4,9-14,21,24H,5-8,15-19H2,1H3,(H,27,31)(H,28,32)/t21-,24-/m1/s1. The van der Waals surface area contributed by atoms with Gasteiger partial charge in [-0.05, 0) is 68.6 Å². The molecular weight excluding hydrogens is 416 g/mol. The van der Waals surface area contributed by atoms with Crippen molar-refractivity contribution in [1.29, 1.82) is 0 Å². The molecule has 0 saturated carbocycles. The Kier molecular flexibility index (Phi) is 7.83. The van der Waals surface area contributed by atoms with Gasteiger partial charge in [-0.1, -0.05) is 30.3 Å². The van der Waals surface area contributed by atoms with Gasteiger partial charge in [0.1, 0.15) is 5.75 Å². The van der Waals surface area contributed by atoms with Crippen LogP contribution < -0.4 is 15.4 Å². The number of para-hydroxylation sites is 1. The van der Waals surface area contributed by atoms with Crippen molar-refractivity contribution in [3.63, 3.8) is 0 Å². The average molecular weight is 451 g/mol. The maximum absolute atomic E-state index is 13.1. The number of piperidine rings is 1. The third-order valence-corrected chi connectivity index (χ3v) is 6.66. The second-order valence-corrected chi connectivity index (χ2v) is 8.86. The van der Waals surface area contributed by atoms with E-state index in [-0.39, 0.29) is 23.9 Å². The lowest BCUT2D eigenvalue weighted by atomic mass is 9.97. The summed E-state index contributed by atoms with van der Waals surface area (Å²) in [5, 5.41) is 6.12. The number of nitrogens with zero attached hydrogens (tertiary/aromatic N) is 2. The molecule has 33 heavy (non-hydrogen) atoms. The number of hydrogen-bond acceptors (Lipinski definition) is 4. The van der Waals surface area contributed by atoms with E-state index in [0.29, 0.717) is 19.6 Å². The van der Waals surface area contributed by atoms with Gasteiger partial charge in [0.15, 0.2) is 0 Å². The molecule has 2 aromatic rings. The summed E-state index contributed by atoms with van der Waals surface area (Å²) in [5.74, 6) is 0.680. The van der Waals surface area contributed by atoms with Crippen LogP contribution in [0, 0.1) is 5.92 Å². The molecule has 2 fully saturated rings. The van der Waals surface area contributed by atoms with Crippen LogP contribution in [0.25, 0.3) is 0 Å². The van der Waals surface area contributed by atoms with Crippen molar-refractivity contribution in [3.8, 4) is 5.75 Å². The minimum atomic E-state index is -0.185. The number of ether oxygens (including phenoxy) is 1. The van der Waals surface area contributed by atoms with Crippen LogP contribution in [0.1, 0.15) is 37.3 Å². The van der Waals surface area contributed by atoms with E-state index in [1.165, 1.54) is 18.4 Å². The van der Waals surface area contributed by atoms with Gasteiger partial charge in [-0.25, -0.2) is 4.79 Å². The first kappa shape index (κ1) is 23.1. The summed E-state index contributed by atoms with van der Waals surface area (Å²) in [6.07, 6.45) is 4.01. The fraction of sp³-hybridized carbons (Fsp3) is 0.462. The number of nitrogens with one attached hydrogen (secondary N) is 2. The minimum Gasteiger partial charge on any atom is -0.497 e. The van der Waals surface area contributed by atoms with Gasteiger partial charge in [-0.15, -0.1) is 0 Å². The van der Waals surface area contributed by atoms with Crippen LogP contribution in [-0.4, -0.2) is 61.6 Å². The molecule has 4 rings (SSSR count). The Hall–Kier alpha value is -3.06. The van der Waals surface area contributed by atoms with E-state index in [1.54, 1.807) is 12.0 Å². The smallest absolute Gasteiger partial charge is 0.321 e. The van der Waals surface area contributed by atoms with E-state index in [9.17, 15) is 9.59 Å². The molecule has 2 aliphatic rings. The number of benzene rings is 2. The number of methoxy groups -OCH3 is 1. The molecule has 176 valence electrons. The monoisotopic (exact) mass is 450 g/mol. The maximum atomic E-state index is 13.1. The Bertz CT molecular complexity index is 913. The molecule has 0 bridgehead atoms. The Morgan fingerprint density at radius 1 is 1.00 bits per heavy atom. The molecule has 2 aliphatic heterocycles. The Balaban J connectivity index is 1.34. The van der Waals surface area contributed by atoms with Crippen molar-refractivity contribution in [2.75, 3.05) is 45.2 Å². The highest BCUT2D eigenvalue weighted by molar-refractivity contribution is 5.90. The van der Waals surface area contributed by atoms with E-state index in [2.05, 4.69) is 27.7 Å². The molecule has 7 heteroatoms. The minimum absolute atomic E-state index is 0.0323. The molecule has 2 aromatic carbocycles. The van der Waals surface area contributed by atoms with Crippen molar-refractivity contribution in [1.82, 2.24) is 15.1 Å². The second-order valence-electron chi connectivity index (χ2n) is 8.86. The lowest BCUT2D eigenvalue weighted by Gasteiger charge is -2.33. The lowest BCUT2D eigenvalue weighted by Crippen LogP contribution is -2.48. The third kappa shape index (κ3) is 6.05. The molecule has 2 saturated heterocycles. The van der Waals surface area contributed by atoms with Crippen LogP contribution >= 0.6 is 0 Å². The number of carbonyl (C=O) groups is 2. The molecule has 3 amide bonds. The molecule has 0 spiro atoms. The van der Waals surface area contributed by atoms with Crippen LogP contribution in [-0.2, 0) is 4.79 Å². The first-order chi connectivity index (χ1) is 16.1. The van der Waals surface area contributed by atoms with Gasteiger partial charge in [0.25, 0.3) is 0 Å². The summed E-state index contributed by atoms with van der Waals surface area (Å²) in [5.41, 5.74) is 1.95. The number of rotatable bonds is 7. The van der Waals surface area contributed by atoms with Crippen molar-refractivity contribution < 1.29 is 14.3 Å². The van der Waals surface area contributed by atoms with Crippen molar-refractivity contribution in [3.05, 3.63) is 60.2 Å². The molecule has 2 heterocycles. The Labute approximate surface area is 196 Å². The highest BCUT2D eigenvalue weighted by Crippen LogP contribution is 2.27. The number of hydrogen-bond donors (Lipinski definition) is 2. The fourth-order valence-electron chi connectivity index (χ4n) is 4.78. The SMILES string of the molecule is COc1ccc([C@@H](CNC(=O)[C@@H]2CCCN(C(=O)Nc3ccccc3)C2)N2CCCC2)cc1. The van der Waals surface area contributed by atoms with Gasteiger partial charge in [-0.2, -0.15) is 0 Å². The van der Waals surface area contributed by atoms with Crippen LogP contribution in [0.5, 0.6) is 5.75 Å². The van der Waals surface area contributed by atoms with Crippen LogP contribution in [0.4, 0.5) is 10.5 Å². The number of urea groups is 1. The van der Waals surface area contributed by atoms with Crippen LogP contribution in [0.3, 0.4) is 0 Å². The number of carbonyl (C=O) groups excluding carboxylic acids is 2. The lowest BCUT2D eigenvalue weighted by molar-refractivity contribution is -0.126. The van der Waals surface area contributed by atoms with Crippen molar-refractivity contribution in [2.24, 2.45) is 5.92 Å². The first-order valence-electron chi connectivity index (χ1n) is 11.9. The van der Waals surface area contributed by atoms with E-state index in [4.69, 9.17) is 4.74 Å². The predicted octanol–water partition coefficient (Wildman–Crippen LogP) is 3.89. The van der Waals surface area contributed by atoms with E-state index >= 15 is 0 Å². The Morgan fingerprint density at radius 2 is 1.73 bits per heavy atom. The van der Waals surface area contributed by atoms with Gasteiger partial charge in [0.2, 0.25) is 5.91 Å². The predicted molar refractivity (Wildman–Crippen MR) is 129 cm³/mol. The normalized spacial score (nSPS) is 19.7. The zero-order valence-electron chi connectivity index (χ0n) is 19.3. The highest BCUT2D eigenvalue weighted by Gasteiger charge is 2.30. The average Bonchev–Trinajstić information content (AvgIpc) is 3.40. The molecule has 7 nitrogen and oxygen atoms in total. The number of amides is 3. The molecule has 0 aromatic heterocycles. The third-order valence-electron chi connectivity index (χ3n) is 6.66. The van der Waals surface area contributed by atoms with Crippen molar-refractivity contribution >= 4 is 17.6 Å². The van der Waals surface area contributed by atoms with Gasteiger partial charge in [0.05, 0.1) is 19.1 Å². The summed E-state index contributed by atoms with van der Waals surface area (Å²) in [7, 11) is 1.67. The van der Waals surface area contributed by atoms with Crippen LogP contribution in [0.2, 0.25) is 0 Å². The quantitative estimate of drug-likeness (QED) is 0.671. The fourth-order valence-corrected chi connectivity index (χ4v) is 4.78. The molecule has 0 radical (unpaired) electrons. The first-order valence-corrected chi connectivity index (χ1v) is 11.9. The van der Waals surface area contributed by atoms with Gasteiger partial charge < -0.3 is 20.3 Å². The Morgan fingerprint density at radius 3 is 2.42 bits per heavy atom. The van der Waals surface area contributed by atoms with E-state index in [1.807, 2.05) is 42.5 Å². The number of anilines is 1. The van der Waals surface area contributed by atoms with Gasteiger partial charge in [0, 0.05) is 25.3 Å². The molecular formula is C26H34N4O3. The summed E-state index contributed by atoms with van der Waals surface area (Å²) in [6, 6.07) is 17.5. The van der Waals surface area contributed by atoms with Crippen LogP contribution in [0.15, 0.2) is 54.6 Å². The molecule has 2 atom stereocenters. The summed E-state index contributed by atoms with van der Waals surface area (Å²) in [4.78, 5) is 29.9. The van der Waals surface area contributed by atoms with Crippen molar-refractivity contribution in [2.45, 2.75) is 31.7 Å². The van der Waals surface area contributed by atoms with E-state index in [0.717, 1.165) is 37.4 Å². The molecule has 0 unspecified atom stereocenters. The molecule has 2 N–H and O–H groups in total. The maximum Gasteiger partial charge on any atom is 0.321 e. The zero-order chi connectivity index (χ0) is 23.0. The van der Waals surface area contributed by atoms with Gasteiger partial charge in [-0.3, -0.25) is 9.69 Å². The summed E-state index contributed by atoms with van der Waals surface area (Å²) in [6.45, 7) is 3.77. The summed E-state index contributed by atoms with van der Waals surface area (Å²) >= 11 is 0. The zero-order valence-corrected chi connectivity index (χ0v) is 19.3. The number of likely N-dealkylation sites (tertiary alicyclic amines) is 2. The molecule has 0 aliphatic carbocycles. The summed E-state index contributed by atoms with van der Waals surface area (Å²) < 4.78 is 5.30.